The molecule has 3 nitrogen and oxygen atoms in total. The lowest BCUT2D eigenvalue weighted by molar-refractivity contribution is -0.116. The number of benzene rings is 1. The van der Waals surface area contributed by atoms with E-state index in [4.69, 9.17) is 5.26 Å². The maximum Gasteiger partial charge on any atom is 0.262 e. The molecule has 0 aliphatic heterocycles. The summed E-state index contributed by atoms with van der Waals surface area (Å²) in [5.74, 6) is -2.19. The highest BCUT2D eigenvalue weighted by atomic mass is 19.1. The van der Waals surface area contributed by atoms with Crippen molar-refractivity contribution in [1.29, 1.82) is 5.26 Å². The van der Waals surface area contributed by atoms with Gasteiger partial charge in [0.15, 0.2) is 0 Å². The molecule has 5 heteroatoms. The number of nitrogens with one attached hydrogen (secondary N) is 1. The standard InChI is InChI=1S/C13H10F2N2O/c1-2-5-17-13(18)10(8-16)6-9-3-4-11(14)7-12(9)15/h2-4,6-7H,1,5H2,(H,17,18)/b10-6+. The summed E-state index contributed by atoms with van der Waals surface area (Å²) < 4.78 is 26.0. The van der Waals surface area contributed by atoms with Crippen molar-refractivity contribution in [2.24, 2.45) is 0 Å². The Kier molecular flexibility index (Phi) is 4.76. The number of hydrogen-bond donors (Lipinski definition) is 1. The largest absolute Gasteiger partial charge is 0.348 e. The van der Waals surface area contributed by atoms with E-state index >= 15 is 0 Å². The van der Waals surface area contributed by atoms with Crippen LogP contribution in [0.3, 0.4) is 0 Å². The molecule has 0 aliphatic rings. The first-order valence-corrected chi connectivity index (χ1v) is 5.04. The summed E-state index contributed by atoms with van der Waals surface area (Å²) in [6.07, 6.45) is 2.51. The summed E-state index contributed by atoms with van der Waals surface area (Å²) in [5, 5.41) is 11.2. The molecule has 1 rings (SSSR count). The summed E-state index contributed by atoms with van der Waals surface area (Å²) >= 11 is 0. The van der Waals surface area contributed by atoms with Crippen molar-refractivity contribution in [3.63, 3.8) is 0 Å². The first-order valence-electron chi connectivity index (χ1n) is 5.04. The molecule has 0 aliphatic carbocycles. The van der Waals surface area contributed by atoms with E-state index in [1.807, 2.05) is 0 Å². The van der Waals surface area contributed by atoms with Gasteiger partial charge in [-0.25, -0.2) is 8.78 Å². The van der Waals surface area contributed by atoms with Gasteiger partial charge < -0.3 is 5.32 Å². The van der Waals surface area contributed by atoms with E-state index in [-0.39, 0.29) is 17.7 Å². The zero-order chi connectivity index (χ0) is 13.5. The Morgan fingerprint density at radius 1 is 1.50 bits per heavy atom. The van der Waals surface area contributed by atoms with E-state index < -0.39 is 17.5 Å². The smallest absolute Gasteiger partial charge is 0.262 e. The fourth-order valence-corrected chi connectivity index (χ4v) is 1.18. The number of nitrogens with zero attached hydrogens (tertiary/aromatic N) is 1. The fourth-order valence-electron chi connectivity index (χ4n) is 1.18. The monoisotopic (exact) mass is 248 g/mol. The number of rotatable bonds is 4. The van der Waals surface area contributed by atoms with Gasteiger partial charge in [0, 0.05) is 18.2 Å². The molecule has 0 saturated heterocycles. The highest BCUT2D eigenvalue weighted by molar-refractivity contribution is 6.01. The van der Waals surface area contributed by atoms with E-state index in [2.05, 4.69) is 11.9 Å². The molecule has 0 unspecified atom stereocenters. The SMILES string of the molecule is C=CCNC(=O)/C(C#N)=C/c1ccc(F)cc1F. The van der Waals surface area contributed by atoms with E-state index in [1.165, 1.54) is 6.08 Å². The minimum atomic E-state index is -0.834. The highest BCUT2D eigenvalue weighted by Gasteiger charge is 2.09. The van der Waals surface area contributed by atoms with Gasteiger partial charge in [-0.3, -0.25) is 4.79 Å². The Morgan fingerprint density at radius 2 is 2.22 bits per heavy atom. The predicted molar refractivity (Wildman–Crippen MR) is 63.2 cm³/mol. The molecule has 1 aromatic rings. The van der Waals surface area contributed by atoms with Crippen molar-refractivity contribution in [3.05, 3.63) is 53.6 Å². The normalized spacial score (nSPS) is 10.6. The van der Waals surface area contributed by atoms with Crippen LogP contribution in [0.4, 0.5) is 8.78 Å². The maximum atomic E-state index is 13.3. The van der Waals surface area contributed by atoms with Gasteiger partial charge in [-0.05, 0) is 18.2 Å². The molecule has 0 bridgehead atoms. The van der Waals surface area contributed by atoms with Gasteiger partial charge >= 0.3 is 0 Å². The van der Waals surface area contributed by atoms with Crippen molar-refractivity contribution < 1.29 is 13.6 Å². The Morgan fingerprint density at radius 3 is 2.78 bits per heavy atom. The van der Waals surface area contributed by atoms with Crippen LogP contribution in [-0.2, 0) is 4.79 Å². The summed E-state index contributed by atoms with van der Waals surface area (Å²) in [6, 6.07) is 4.54. The molecule has 0 radical (unpaired) electrons. The highest BCUT2D eigenvalue weighted by Crippen LogP contribution is 2.13. The molecule has 1 amide bonds. The minimum Gasteiger partial charge on any atom is -0.348 e. The molecule has 0 spiro atoms. The maximum absolute atomic E-state index is 13.3. The molecule has 0 atom stereocenters. The summed E-state index contributed by atoms with van der Waals surface area (Å²) in [7, 11) is 0. The third-order valence-corrected chi connectivity index (χ3v) is 2.03. The summed E-state index contributed by atoms with van der Waals surface area (Å²) in [5.41, 5.74) is -0.288. The van der Waals surface area contributed by atoms with Crippen LogP contribution in [0.25, 0.3) is 6.08 Å². The van der Waals surface area contributed by atoms with Crippen molar-refractivity contribution in [3.8, 4) is 6.07 Å². The number of carbonyl (C=O) groups excluding carboxylic acids is 1. The zero-order valence-electron chi connectivity index (χ0n) is 9.41. The molecule has 0 fully saturated rings. The Labute approximate surface area is 103 Å². The van der Waals surface area contributed by atoms with E-state index in [1.54, 1.807) is 6.07 Å². The van der Waals surface area contributed by atoms with Crippen LogP contribution in [0, 0.1) is 23.0 Å². The first-order chi connectivity index (χ1) is 8.58. The van der Waals surface area contributed by atoms with Gasteiger partial charge in [0.25, 0.3) is 5.91 Å². The van der Waals surface area contributed by atoms with Crippen LogP contribution in [0.15, 0.2) is 36.4 Å². The molecule has 0 saturated carbocycles. The second-order valence-electron chi connectivity index (χ2n) is 3.33. The van der Waals surface area contributed by atoms with Crippen LogP contribution in [0.2, 0.25) is 0 Å². The van der Waals surface area contributed by atoms with Gasteiger partial charge in [0.2, 0.25) is 0 Å². The summed E-state index contributed by atoms with van der Waals surface area (Å²) in [4.78, 5) is 11.5. The minimum absolute atomic E-state index is 0.0262. The Bertz CT molecular complexity index is 544. The number of halogens is 2. The van der Waals surface area contributed by atoms with Crippen molar-refractivity contribution in [2.75, 3.05) is 6.54 Å². The first kappa shape index (κ1) is 13.6. The van der Waals surface area contributed by atoms with E-state index in [9.17, 15) is 13.6 Å². The second-order valence-corrected chi connectivity index (χ2v) is 3.33. The quantitative estimate of drug-likeness (QED) is 0.504. The lowest BCUT2D eigenvalue weighted by atomic mass is 10.1. The van der Waals surface area contributed by atoms with E-state index in [0.717, 1.165) is 18.2 Å². The third kappa shape index (κ3) is 3.52. The van der Waals surface area contributed by atoms with Crippen LogP contribution in [-0.4, -0.2) is 12.5 Å². The van der Waals surface area contributed by atoms with Crippen LogP contribution in [0.1, 0.15) is 5.56 Å². The van der Waals surface area contributed by atoms with Gasteiger partial charge in [0.05, 0.1) is 0 Å². The number of nitriles is 1. The van der Waals surface area contributed by atoms with Gasteiger partial charge in [-0.1, -0.05) is 6.08 Å². The number of hydrogen-bond acceptors (Lipinski definition) is 2. The zero-order valence-corrected chi connectivity index (χ0v) is 9.41. The van der Waals surface area contributed by atoms with Gasteiger partial charge in [0.1, 0.15) is 23.3 Å². The second kappa shape index (κ2) is 6.30. The molecule has 0 heterocycles. The Balaban J connectivity index is 3.01. The molecule has 1 N–H and O–H groups in total. The lowest BCUT2D eigenvalue weighted by Crippen LogP contribution is -2.24. The molecule has 92 valence electrons. The number of carbonyl (C=O) groups is 1. The third-order valence-electron chi connectivity index (χ3n) is 2.03. The molecular formula is C13H10F2N2O. The van der Waals surface area contributed by atoms with Crippen LogP contribution >= 0.6 is 0 Å². The average molecular weight is 248 g/mol. The van der Waals surface area contributed by atoms with Crippen LogP contribution in [0.5, 0.6) is 0 Å². The Hall–Kier alpha value is -2.48. The topological polar surface area (TPSA) is 52.9 Å². The van der Waals surface area contributed by atoms with Crippen molar-refractivity contribution in [1.82, 2.24) is 5.32 Å². The lowest BCUT2D eigenvalue weighted by Gasteiger charge is -2.01. The molecule has 1 aromatic carbocycles. The predicted octanol–water partition coefficient (Wildman–Crippen LogP) is 2.17. The number of amides is 1. The van der Waals surface area contributed by atoms with Gasteiger partial charge in [-0.2, -0.15) is 5.26 Å². The average Bonchev–Trinajstić information content (AvgIpc) is 2.35. The van der Waals surface area contributed by atoms with Crippen molar-refractivity contribution >= 4 is 12.0 Å². The van der Waals surface area contributed by atoms with Crippen molar-refractivity contribution in [2.45, 2.75) is 0 Å². The molecule has 18 heavy (non-hydrogen) atoms. The molecular weight excluding hydrogens is 238 g/mol. The van der Waals surface area contributed by atoms with E-state index in [0.29, 0.717) is 6.07 Å². The summed E-state index contributed by atoms with van der Waals surface area (Å²) in [6.45, 7) is 3.61. The molecule has 0 aromatic heterocycles. The van der Waals surface area contributed by atoms with Gasteiger partial charge in [-0.15, -0.1) is 6.58 Å². The fraction of sp³-hybridized carbons (Fsp3) is 0.0769. The van der Waals surface area contributed by atoms with Crippen LogP contribution < -0.4 is 5.32 Å².